The number of nitrogens with zero attached hydrogens (tertiary/aromatic N) is 4. The van der Waals surface area contributed by atoms with E-state index in [1.165, 1.54) is 10.0 Å². The van der Waals surface area contributed by atoms with E-state index in [2.05, 4.69) is 34.5 Å². The number of methoxy groups -OCH3 is 4. The summed E-state index contributed by atoms with van der Waals surface area (Å²) in [6, 6.07) is 29.2. The molecule has 0 saturated heterocycles. The van der Waals surface area contributed by atoms with Crippen LogP contribution in [0, 0.1) is 0 Å². The van der Waals surface area contributed by atoms with Crippen molar-refractivity contribution in [2.24, 2.45) is 10.2 Å². The van der Waals surface area contributed by atoms with Crippen LogP contribution in [0.1, 0.15) is 33.4 Å². The van der Waals surface area contributed by atoms with Gasteiger partial charge in [0.05, 0.1) is 52.7 Å². The van der Waals surface area contributed by atoms with Crippen molar-refractivity contribution in [3.63, 3.8) is 0 Å². The third-order valence-electron chi connectivity index (χ3n) is 8.77. The predicted octanol–water partition coefficient (Wildman–Crippen LogP) is 6.75. The van der Waals surface area contributed by atoms with Gasteiger partial charge >= 0.3 is 0 Å². The van der Waals surface area contributed by atoms with Gasteiger partial charge in [0.25, 0.3) is 0 Å². The Balaban J connectivity index is 0.000000177. The average molecular weight is 705 g/mol. The molecule has 5 aromatic carbocycles. The fourth-order valence-corrected chi connectivity index (χ4v) is 6.15. The van der Waals surface area contributed by atoms with Crippen molar-refractivity contribution >= 4 is 45.6 Å². The first-order chi connectivity index (χ1) is 24.6. The van der Waals surface area contributed by atoms with Crippen molar-refractivity contribution in [3.8, 4) is 23.0 Å². The molecule has 2 amide bonds. The molecule has 11 heteroatoms. The highest BCUT2D eigenvalue weighted by Gasteiger charge is 2.26. The number of benzene rings is 5. The second kappa shape index (κ2) is 14.9. The number of ether oxygens (including phenoxy) is 4. The second-order valence-electron chi connectivity index (χ2n) is 11.9. The van der Waals surface area contributed by atoms with E-state index in [0.29, 0.717) is 33.7 Å². The van der Waals surface area contributed by atoms with Crippen LogP contribution in [0.15, 0.2) is 101 Å². The molecule has 2 aliphatic rings. The van der Waals surface area contributed by atoms with Crippen molar-refractivity contribution in [2.45, 2.75) is 12.8 Å². The molecule has 0 bridgehead atoms. The molecular weight excluding hydrogens is 668 g/mol. The fourth-order valence-electron chi connectivity index (χ4n) is 6.02. The first kappa shape index (κ1) is 35.0. The van der Waals surface area contributed by atoms with E-state index in [4.69, 9.17) is 30.5 Å². The lowest BCUT2D eigenvalue weighted by molar-refractivity contribution is -0.129. The standard InChI is InChI=1S/C22H20N2O3.C18H17ClN2O3/c1-24-21(25)12-17-11-19(26-2)20(27-3)13-18(17)22(23-24)16-9-8-14-6-4-5-7-15(14)10-16;1-21-17(22)9-12-8-15(23-2)16(24-3)10-14(12)18(20-21)11-4-6-13(19)7-5-11/h4-11,13H,12H2,1-3H3;4-8,10H,9H2,1-3H3. The number of hydrogen-bond donors (Lipinski definition) is 0. The Morgan fingerprint density at radius 2 is 0.980 bits per heavy atom. The van der Waals surface area contributed by atoms with E-state index < -0.39 is 0 Å². The molecule has 0 unspecified atom stereocenters. The lowest BCUT2D eigenvalue weighted by Gasteiger charge is -2.14. The summed E-state index contributed by atoms with van der Waals surface area (Å²) in [5.41, 5.74) is 6.68. The number of hydrogen-bond acceptors (Lipinski definition) is 8. The highest BCUT2D eigenvalue weighted by Crippen LogP contribution is 2.35. The predicted molar refractivity (Wildman–Crippen MR) is 199 cm³/mol. The van der Waals surface area contributed by atoms with Crippen molar-refractivity contribution in [2.75, 3.05) is 42.5 Å². The summed E-state index contributed by atoms with van der Waals surface area (Å²) in [5.74, 6) is 2.24. The maximum Gasteiger partial charge on any atom is 0.246 e. The van der Waals surface area contributed by atoms with Gasteiger partial charge in [-0.2, -0.15) is 10.2 Å². The zero-order valence-electron chi connectivity index (χ0n) is 29.2. The third-order valence-corrected chi connectivity index (χ3v) is 9.03. The molecule has 0 aromatic heterocycles. The Bertz CT molecular complexity index is 2200. The number of carbonyl (C=O) groups excluding carboxylic acids is 2. The topological polar surface area (TPSA) is 102 Å². The average Bonchev–Trinajstić information content (AvgIpc) is 3.35. The molecule has 0 saturated carbocycles. The van der Waals surface area contributed by atoms with E-state index in [1.54, 1.807) is 54.7 Å². The van der Waals surface area contributed by atoms with Gasteiger partial charge in [-0.3, -0.25) is 9.59 Å². The van der Waals surface area contributed by atoms with Gasteiger partial charge in [-0.15, -0.1) is 0 Å². The Morgan fingerprint density at radius 3 is 1.47 bits per heavy atom. The SMILES string of the molecule is COc1cc2c(cc1OC)C(c1ccc(Cl)cc1)=NN(C)C(=O)C2.COc1cc2c(cc1OC)C(c1ccc3ccccc3c1)=NN(C)C(=O)C2. The van der Waals surface area contributed by atoms with Crippen LogP contribution in [0.5, 0.6) is 23.0 Å². The first-order valence-corrected chi connectivity index (χ1v) is 16.5. The van der Waals surface area contributed by atoms with E-state index in [-0.39, 0.29) is 24.7 Å². The zero-order valence-corrected chi connectivity index (χ0v) is 29.9. The summed E-state index contributed by atoms with van der Waals surface area (Å²) >= 11 is 5.98. The molecule has 0 N–H and O–H groups in total. The van der Waals surface area contributed by atoms with E-state index >= 15 is 0 Å². The molecule has 0 atom stereocenters. The zero-order chi connectivity index (χ0) is 36.2. The van der Waals surface area contributed by atoms with Crippen LogP contribution in [0.25, 0.3) is 10.8 Å². The van der Waals surface area contributed by atoms with Crippen molar-refractivity contribution < 1.29 is 28.5 Å². The summed E-state index contributed by atoms with van der Waals surface area (Å²) < 4.78 is 21.6. The van der Waals surface area contributed by atoms with E-state index in [9.17, 15) is 9.59 Å². The molecule has 0 aliphatic carbocycles. The lowest BCUT2D eigenvalue weighted by atomic mass is 9.94. The summed E-state index contributed by atoms with van der Waals surface area (Å²) in [4.78, 5) is 24.8. The van der Waals surface area contributed by atoms with Gasteiger partial charge in [-0.25, -0.2) is 10.0 Å². The summed E-state index contributed by atoms with van der Waals surface area (Å²) in [7, 11) is 9.68. The fraction of sp³-hybridized carbons (Fsp3) is 0.200. The third kappa shape index (κ3) is 7.22. The van der Waals surface area contributed by atoms with Crippen LogP contribution in [-0.4, -0.2) is 75.8 Å². The maximum atomic E-state index is 12.5. The van der Waals surface area contributed by atoms with Crippen molar-refractivity contribution in [3.05, 3.63) is 129 Å². The number of rotatable bonds is 6. The van der Waals surface area contributed by atoms with Crippen LogP contribution in [0.4, 0.5) is 0 Å². The van der Waals surface area contributed by atoms with Crippen LogP contribution in [0.3, 0.4) is 0 Å². The van der Waals surface area contributed by atoms with Crippen LogP contribution < -0.4 is 18.9 Å². The molecule has 260 valence electrons. The lowest BCUT2D eigenvalue weighted by Crippen LogP contribution is -2.22. The minimum atomic E-state index is -0.0903. The quantitative estimate of drug-likeness (QED) is 0.194. The normalized spacial score (nSPS) is 13.9. The molecular formula is C40H37ClN4O6. The second-order valence-corrected chi connectivity index (χ2v) is 12.3. The molecule has 0 fully saturated rings. The molecule has 0 spiro atoms. The van der Waals surface area contributed by atoms with Gasteiger partial charge in [0.15, 0.2) is 23.0 Å². The van der Waals surface area contributed by atoms with Gasteiger partial charge in [0.1, 0.15) is 0 Å². The van der Waals surface area contributed by atoms with Gasteiger partial charge in [0.2, 0.25) is 11.8 Å². The van der Waals surface area contributed by atoms with Gasteiger partial charge in [0, 0.05) is 41.4 Å². The molecule has 0 radical (unpaired) electrons. The number of halogens is 1. The minimum Gasteiger partial charge on any atom is -0.493 e. The van der Waals surface area contributed by atoms with Crippen molar-refractivity contribution in [1.29, 1.82) is 0 Å². The molecule has 5 aromatic rings. The summed E-state index contributed by atoms with van der Waals surface area (Å²) in [5, 5.41) is 14.8. The van der Waals surface area contributed by atoms with Crippen LogP contribution in [0.2, 0.25) is 5.02 Å². The maximum absolute atomic E-state index is 12.5. The number of likely N-dealkylation sites (N-methyl/N-ethyl adjacent to an activating group) is 2. The molecule has 2 aliphatic heterocycles. The largest absolute Gasteiger partial charge is 0.493 e. The smallest absolute Gasteiger partial charge is 0.246 e. The molecule has 2 heterocycles. The Hall–Kier alpha value is -5.87. The van der Waals surface area contributed by atoms with Crippen molar-refractivity contribution in [1.82, 2.24) is 10.0 Å². The number of carbonyl (C=O) groups is 2. The Labute approximate surface area is 301 Å². The van der Waals surface area contributed by atoms with E-state index in [0.717, 1.165) is 49.9 Å². The van der Waals surface area contributed by atoms with Crippen LogP contribution in [-0.2, 0) is 22.4 Å². The number of hydrazone groups is 2. The number of amides is 2. The highest BCUT2D eigenvalue weighted by atomic mass is 35.5. The Morgan fingerprint density at radius 1 is 0.549 bits per heavy atom. The molecule has 51 heavy (non-hydrogen) atoms. The highest BCUT2D eigenvalue weighted by molar-refractivity contribution is 6.30. The number of fused-ring (bicyclic) bond motifs is 3. The monoisotopic (exact) mass is 704 g/mol. The summed E-state index contributed by atoms with van der Waals surface area (Å²) in [6.07, 6.45) is 0.500. The molecule has 10 nitrogen and oxygen atoms in total. The molecule has 7 rings (SSSR count). The van der Waals surface area contributed by atoms with Gasteiger partial charge < -0.3 is 18.9 Å². The summed E-state index contributed by atoms with van der Waals surface area (Å²) in [6.45, 7) is 0. The van der Waals surface area contributed by atoms with E-state index in [1.807, 2.05) is 54.6 Å². The van der Waals surface area contributed by atoms with Crippen LogP contribution >= 0.6 is 11.6 Å². The minimum absolute atomic E-state index is 0.0701. The first-order valence-electron chi connectivity index (χ1n) is 16.1. The van der Waals surface area contributed by atoms with Gasteiger partial charge in [-0.1, -0.05) is 60.1 Å². The Kier molecular flexibility index (Phi) is 10.2. The van der Waals surface area contributed by atoms with Gasteiger partial charge in [-0.05, 0) is 64.4 Å².